The van der Waals surface area contributed by atoms with Gasteiger partial charge in [0.25, 0.3) is 0 Å². The van der Waals surface area contributed by atoms with Crippen LogP contribution in [0.25, 0.3) is 11.1 Å². The van der Waals surface area contributed by atoms with E-state index in [0.717, 1.165) is 35.1 Å². The van der Waals surface area contributed by atoms with Gasteiger partial charge in [0, 0.05) is 35.0 Å². The number of hydrogen-bond donors (Lipinski definition) is 8. The van der Waals surface area contributed by atoms with E-state index in [0.29, 0.717) is 37.1 Å². The van der Waals surface area contributed by atoms with Gasteiger partial charge in [-0.25, -0.2) is 0 Å². The van der Waals surface area contributed by atoms with Crippen LogP contribution < -0.4 is 0 Å². The lowest BCUT2D eigenvalue weighted by Crippen LogP contribution is -2.58. The lowest BCUT2D eigenvalue weighted by Gasteiger charge is -2.42. The highest BCUT2D eigenvalue weighted by atomic mass is 16.5. The summed E-state index contributed by atoms with van der Waals surface area (Å²) >= 11 is 0. The highest BCUT2D eigenvalue weighted by Gasteiger charge is 2.51. The van der Waals surface area contributed by atoms with Gasteiger partial charge >= 0.3 is 0 Å². The normalized spacial score (nSPS) is 34.9. The van der Waals surface area contributed by atoms with Crippen LogP contribution in [0.1, 0.15) is 54.9 Å². The molecule has 1 amide bonds. The Morgan fingerprint density at radius 1 is 0.700 bits per heavy atom. The van der Waals surface area contributed by atoms with Crippen LogP contribution in [0.15, 0.2) is 36.4 Å². The molecule has 3 saturated heterocycles. The van der Waals surface area contributed by atoms with Crippen molar-refractivity contribution in [3.63, 3.8) is 0 Å². The van der Waals surface area contributed by atoms with E-state index in [1.54, 1.807) is 0 Å². The maximum atomic E-state index is 13.3. The maximum Gasteiger partial charge on any atom is 0.228 e. The highest BCUT2D eigenvalue weighted by Crippen LogP contribution is 2.55. The summed E-state index contributed by atoms with van der Waals surface area (Å²) in [5.74, 6) is 12.0. The fraction of sp³-hybridized carbons (Fsp3) is 0.553. The Bertz CT molecular complexity index is 1650. The van der Waals surface area contributed by atoms with Crippen LogP contribution in [0, 0.1) is 29.1 Å². The second kappa shape index (κ2) is 13.3. The third kappa shape index (κ3) is 5.94. The van der Waals surface area contributed by atoms with Crippen LogP contribution in [0.3, 0.4) is 0 Å². The molecule has 0 aromatic heterocycles. The molecule has 266 valence electrons. The zero-order chi connectivity index (χ0) is 35.5. The molecule has 12 heteroatoms. The highest BCUT2D eigenvalue weighted by molar-refractivity contribution is 5.86. The van der Waals surface area contributed by atoms with Crippen molar-refractivity contribution < 1.29 is 55.1 Å². The average Bonchev–Trinajstić information content (AvgIpc) is 3.84. The molecular weight excluding hydrogens is 646 g/mol. The molecule has 10 atom stereocenters. The monoisotopic (exact) mass is 689 g/mol. The van der Waals surface area contributed by atoms with Crippen molar-refractivity contribution in [1.29, 1.82) is 0 Å². The summed E-state index contributed by atoms with van der Waals surface area (Å²) < 4.78 is 11.2. The molecule has 7 rings (SSSR count). The molecule has 12 nitrogen and oxygen atoms in total. The van der Waals surface area contributed by atoms with Gasteiger partial charge < -0.3 is 55.2 Å². The SMILES string of the molecule is CC1(C(=O)N2CCC3(CC2)c2cc(C#C[C@H]4O[C@H](CO)[C@@H](O)[C@H](O)[C@@H]4O)ccc2-c2ccc(C#C[C@H]4O[C@H](CO)[C@@H](O)[C@H](O)[C@@H]4O)cc23)CC1. The fourth-order valence-electron chi connectivity index (χ4n) is 7.81. The Morgan fingerprint density at radius 3 is 1.54 bits per heavy atom. The van der Waals surface area contributed by atoms with E-state index in [1.165, 1.54) is 0 Å². The molecular formula is C38H43NO11. The zero-order valence-electron chi connectivity index (χ0n) is 27.6. The smallest absolute Gasteiger partial charge is 0.228 e. The third-order valence-electron chi connectivity index (χ3n) is 11.3. The van der Waals surface area contributed by atoms with E-state index in [1.807, 2.05) is 48.2 Å². The number of aliphatic hydroxyl groups excluding tert-OH is 8. The summed E-state index contributed by atoms with van der Waals surface area (Å²) in [4.78, 5) is 15.3. The van der Waals surface area contributed by atoms with E-state index in [4.69, 9.17) is 9.47 Å². The molecule has 3 heterocycles. The van der Waals surface area contributed by atoms with Crippen molar-refractivity contribution in [2.45, 2.75) is 99.1 Å². The van der Waals surface area contributed by atoms with Crippen LogP contribution in [-0.4, -0.2) is 139 Å². The lowest BCUT2D eigenvalue weighted by atomic mass is 9.70. The molecule has 0 unspecified atom stereocenters. The first kappa shape index (κ1) is 35.1. The number of benzene rings is 2. The Kier molecular flexibility index (Phi) is 9.33. The van der Waals surface area contributed by atoms with Gasteiger partial charge in [0.15, 0.2) is 0 Å². The summed E-state index contributed by atoms with van der Waals surface area (Å²) in [5.41, 5.74) is 4.62. The summed E-state index contributed by atoms with van der Waals surface area (Å²) in [6.07, 6.45) is -10.2. The predicted molar refractivity (Wildman–Crippen MR) is 177 cm³/mol. The molecule has 1 saturated carbocycles. The summed E-state index contributed by atoms with van der Waals surface area (Å²) in [5, 5.41) is 80.9. The number of amides is 1. The second-order valence-electron chi connectivity index (χ2n) is 14.5. The first-order chi connectivity index (χ1) is 23.9. The topological polar surface area (TPSA) is 201 Å². The Balaban J connectivity index is 1.22. The molecule has 4 fully saturated rings. The molecule has 0 radical (unpaired) electrons. The first-order valence-corrected chi connectivity index (χ1v) is 17.1. The Labute approximate surface area is 289 Å². The number of carbonyl (C=O) groups is 1. The molecule has 3 aliphatic heterocycles. The van der Waals surface area contributed by atoms with Crippen molar-refractivity contribution >= 4 is 5.91 Å². The van der Waals surface area contributed by atoms with Gasteiger partial charge in [-0.15, -0.1) is 0 Å². The first-order valence-electron chi connectivity index (χ1n) is 17.1. The number of nitrogens with zero attached hydrogens (tertiary/aromatic N) is 1. The standard InChI is InChI=1S/C38H43NO11/c1-37(10-11-37)36(48)39-14-12-38(13-15-39)24-16-20(4-8-26-30(42)34(46)32(44)28(18-40)49-26)2-6-22(24)23-7-3-21(17-25(23)38)5-9-27-31(43)35(47)33(45)29(19-41)50-27/h2-3,6-7,16-17,26-35,40-47H,10-15,18-19H2,1H3/t26-,27-,28-,29-,30-,31-,32-,33-,34-,35-/m1/s1. The molecule has 0 bridgehead atoms. The number of hydrogen-bond acceptors (Lipinski definition) is 11. The molecule has 2 aromatic carbocycles. The number of ether oxygens (including phenoxy) is 2. The van der Waals surface area contributed by atoms with Crippen molar-refractivity contribution in [1.82, 2.24) is 4.90 Å². The molecule has 2 aliphatic carbocycles. The van der Waals surface area contributed by atoms with Crippen molar-refractivity contribution in [2.75, 3.05) is 26.3 Å². The van der Waals surface area contributed by atoms with E-state index in [-0.39, 0.29) is 11.3 Å². The van der Waals surface area contributed by atoms with Gasteiger partial charge in [0.2, 0.25) is 5.91 Å². The Morgan fingerprint density at radius 2 is 1.14 bits per heavy atom. The maximum absolute atomic E-state index is 13.3. The van der Waals surface area contributed by atoms with Crippen molar-refractivity contribution in [2.24, 2.45) is 5.41 Å². The van der Waals surface area contributed by atoms with Crippen LogP contribution in [0.2, 0.25) is 0 Å². The van der Waals surface area contributed by atoms with Gasteiger partial charge in [-0.1, -0.05) is 42.7 Å². The van der Waals surface area contributed by atoms with Gasteiger partial charge in [0.05, 0.1) is 13.2 Å². The second-order valence-corrected chi connectivity index (χ2v) is 14.5. The van der Waals surface area contributed by atoms with Crippen molar-refractivity contribution in [3.05, 3.63) is 58.7 Å². The summed E-state index contributed by atoms with van der Waals surface area (Å²) in [7, 11) is 0. The minimum absolute atomic E-state index is 0.184. The number of piperidine rings is 1. The minimum atomic E-state index is -1.53. The van der Waals surface area contributed by atoms with E-state index < -0.39 is 79.7 Å². The molecule has 5 aliphatic rings. The quantitative estimate of drug-likeness (QED) is 0.179. The third-order valence-corrected chi connectivity index (χ3v) is 11.3. The summed E-state index contributed by atoms with van der Waals surface area (Å²) in [6, 6.07) is 11.7. The number of aliphatic hydroxyl groups is 8. The van der Waals surface area contributed by atoms with Crippen LogP contribution in [0.5, 0.6) is 0 Å². The van der Waals surface area contributed by atoms with Gasteiger partial charge in [0.1, 0.15) is 61.0 Å². The fourth-order valence-corrected chi connectivity index (χ4v) is 7.81. The van der Waals surface area contributed by atoms with E-state index >= 15 is 0 Å². The zero-order valence-corrected chi connectivity index (χ0v) is 27.6. The van der Waals surface area contributed by atoms with Gasteiger partial charge in [-0.3, -0.25) is 4.79 Å². The summed E-state index contributed by atoms with van der Waals surface area (Å²) in [6.45, 7) is 2.05. The van der Waals surface area contributed by atoms with E-state index in [2.05, 4.69) is 23.7 Å². The number of rotatable bonds is 3. The Hall–Kier alpha value is -3.37. The van der Waals surface area contributed by atoms with E-state index in [9.17, 15) is 45.6 Å². The van der Waals surface area contributed by atoms with Crippen LogP contribution >= 0.6 is 0 Å². The molecule has 1 spiro atoms. The average molecular weight is 690 g/mol. The van der Waals surface area contributed by atoms with Crippen molar-refractivity contribution in [3.8, 4) is 34.8 Å². The molecule has 8 N–H and O–H groups in total. The lowest BCUT2D eigenvalue weighted by molar-refractivity contribution is -0.214. The number of fused-ring (bicyclic) bond motifs is 5. The number of carbonyl (C=O) groups excluding carboxylic acids is 1. The molecule has 50 heavy (non-hydrogen) atoms. The van der Waals surface area contributed by atoms with Crippen LogP contribution in [-0.2, 0) is 19.7 Å². The predicted octanol–water partition coefficient (Wildman–Crippen LogP) is -1.24. The minimum Gasteiger partial charge on any atom is -0.394 e. The largest absolute Gasteiger partial charge is 0.394 e. The number of likely N-dealkylation sites (tertiary alicyclic amines) is 1. The van der Waals surface area contributed by atoms with Gasteiger partial charge in [-0.2, -0.15) is 0 Å². The van der Waals surface area contributed by atoms with Gasteiger partial charge in [-0.05, 0) is 72.2 Å². The molecule has 2 aromatic rings. The van der Waals surface area contributed by atoms with Crippen LogP contribution in [0.4, 0.5) is 0 Å².